The molecule has 3 rings (SSSR count). The molecule has 0 spiro atoms. The third kappa shape index (κ3) is 5.97. The lowest BCUT2D eigenvalue weighted by Gasteiger charge is -2.31. The molecule has 2 N–H and O–H groups in total. The maximum Gasteiger partial charge on any atom is 0.338 e. The van der Waals surface area contributed by atoms with Gasteiger partial charge in [0.25, 0.3) is 0 Å². The van der Waals surface area contributed by atoms with Gasteiger partial charge >= 0.3 is 12.0 Å². The van der Waals surface area contributed by atoms with Gasteiger partial charge in [-0.15, -0.1) is 0 Å². The van der Waals surface area contributed by atoms with Gasteiger partial charge in [-0.25, -0.2) is 9.59 Å². The third-order valence-corrected chi connectivity index (χ3v) is 5.43. The Hall–Kier alpha value is -3.23. The fraction of sp³-hybridized carbons (Fsp3) is 0.333. The van der Waals surface area contributed by atoms with Crippen LogP contribution in [-0.4, -0.2) is 51.3 Å². The lowest BCUT2D eigenvalue weighted by molar-refractivity contribution is -0.139. The van der Waals surface area contributed by atoms with Gasteiger partial charge in [0.15, 0.2) is 11.5 Å². The molecule has 0 fully saturated rings. The molecule has 0 saturated carbocycles. The number of amides is 2. The predicted octanol–water partition coefficient (Wildman–Crippen LogP) is 3.66. The van der Waals surface area contributed by atoms with Gasteiger partial charge < -0.3 is 24.8 Å². The van der Waals surface area contributed by atoms with Crippen molar-refractivity contribution in [2.24, 2.45) is 0 Å². The van der Waals surface area contributed by atoms with Crippen LogP contribution < -0.4 is 20.1 Å². The van der Waals surface area contributed by atoms with Crippen LogP contribution in [0.2, 0.25) is 5.02 Å². The first-order valence-electron chi connectivity index (χ1n) is 10.5. The summed E-state index contributed by atoms with van der Waals surface area (Å²) >= 11 is 6.02. The summed E-state index contributed by atoms with van der Waals surface area (Å²) in [5, 5.41) is 6.18. The molecule has 33 heavy (non-hydrogen) atoms. The van der Waals surface area contributed by atoms with E-state index < -0.39 is 18.0 Å². The van der Waals surface area contributed by atoms with Gasteiger partial charge in [-0.05, 0) is 49.4 Å². The number of hydrogen-bond acceptors (Lipinski definition) is 6. The number of rotatable bonds is 9. The number of nitrogens with one attached hydrogen (secondary N) is 2. The summed E-state index contributed by atoms with van der Waals surface area (Å²) in [5.41, 5.74) is 2.57. The average Bonchev–Trinajstić information content (AvgIpc) is 2.79. The number of urea groups is 1. The highest BCUT2D eigenvalue weighted by Crippen LogP contribution is 2.30. The summed E-state index contributed by atoms with van der Waals surface area (Å²) in [6.07, 6.45) is 0. The number of carbonyl (C=O) groups is 2. The van der Waals surface area contributed by atoms with Crippen LogP contribution in [0, 0.1) is 0 Å². The lowest BCUT2D eigenvalue weighted by atomic mass is 9.95. The zero-order valence-electron chi connectivity index (χ0n) is 19.1. The minimum absolute atomic E-state index is 0.221. The number of likely N-dealkylation sites (N-methyl/N-ethyl adjacent to an activating group) is 1. The molecule has 1 aliphatic heterocycles. The smallest absolute Gasteiger partial charge is 0.338 e. The molecule has 2 amide bonds. The molecule has 2 aromatic rings. The van der Waals surface area contributed by atoms with Crippen molar-refractivity contribution in [1.29, 1.82) is 0 Å². The first-order chi connectivity index (χ1) is 15.9. The Labute approximate surface area is 198 Å². The number of halogens is 1. The molecule has 0 aromatic heterocycles. The topological polar surface area (TPSA) is 89.1 Å². The molecule has 1 aliphatic rings. The van der Waals surface area contributed by atoms with Crippen molar-refractivity contribution >= 4 is 23.6 Å². The molecule has 1 atom stereocenters. The molecule has 1 unspecified atom stereocenters. The molecule has 0 aliphatic carbocycles. The molecule has 176 valence electrons. The Kier molecular flexibility index (Phi) is 8.19. The molecule has 0 radical (unpaired) electrons. The van der Waals surface area contributed by atoms with Gasteiger partial charge in [0.2, 0.25) is 0 Å². The van der Waals surface area contributed by atoms with Gasteiger partial charge in [0.05, 0.1) is 32.4 Å². The lowest BCUT2D eigenvalue weighted by Crippen LogP contribution is -2.48. The molecular weight excluding hydrogens is 446 g/mol. The molecule has 0 bridgehead atoms. The summed E-state index contributed by atoms with van der Waals surface area (Å²) in [5.74, 6) is 0.792. The molecule has 1 heterocycles. The van der Waals surface area contributed by atoms with E-state index in [1.54, 1.807) is 45.4 Å². The highest BCUT2D eigenvalue weighted by molar-refractivity contribution is 6.30. The number of ether oxygens (including phenoxy) is 3. The van der Waals surface area contributed by atoms with Crippen molar-refractivity contribution in [3.8, 4) is 11.5 Å². The monoisotopic (exact) mass is 473 g/mol. The van der Waals surface area contributed by atoms with Gasteiger partial charge in [0, 0.05) is 23.8 Å². The van der Waals surface area contributed by atoms with Crippen molar-refractivity contribution in [3.63, 3.8) is 0 Å². The van der Waals surface area contributed by atoms with Crippen molar-refractivity contribution in [2.45, 2.75) is 19.5 Å². The quantitative estimate of drug-likeness (QED) is 0.540. The van der Waals surface area contributed by atoms with E-state index in [-0.39, 0.29) is 6.61 Å². The predicted molar refractivity (Wildman–Crippen MR) is 125 cm³/mol. The van der Waals surface area contributed by atoms with Gasteiger partial charge in [0.1, 0.15) is 0 Å². The minimum atomic E-state index is -0.653. The van der Waals surface area contributed by atoms with Crippen LogP contribution in [0.3, 0.4) is 0 Å². The normalized spacial score (nSPS) is 15.7. The Morgan fingerprint density at radius 3 is 2.39 bits per heavy atom. The standard InChI is InChI=1S/C24H28ClN3O5/c1-5-33-23(29)21-18(26-24(30)27-22(21)16-7-9-17(25)10-8-16)14-28(2)13-15-6-11-19(31-3)20(12-15)32-4/h6-12,22H,5,13-14H2,1-4H3,(H2,26,27,30). The van der Waals surface area contributed by atoms with E-state index in [0.717, 1.165) is 11.1 Å². The van der Waals surface area contributed by atoms with Crippen LogP contribution in [0.1, 0.15) is 24.1 Å². The van der Waals surface area contributed by atoms with E-state index in [2.05, 4.69) is 10.6 Å². The molecule has 9 heteroatoms. The summed E-state index contributed by atoms with van der Waals surface area (Å²) in [6.45, 7) is 2.83. The van der Waals surface area contributed by atoms with Crippen LogP contribution >= 0.6 is 11.6 Å². The SMILES string of the molecule is CCOC(=O)C1=C(CN(C)Cc2ccc(OC)c(OC)c2)NC(=O)NC1c1ccc(Cl)cc1. The average molecular weight is 474 g/mol. The Morgan fingerprint density at radius 2 is 1.76 bits per heavy atom. The van der Waals surface area contributed by atoms with Crippen LogP contribution in [0.25, 0.3) is 0 Å². The Morgan fingerprint density at radius 1 is 1.06 bits per heavy atom. The van der Waals surface area contributed by atoms with E-state index >= 15 is 0 Å². The van der Waals surface area contributed by atoms with E-state index in [9.17, 15) is 9.59 Å². The number of nitrogens with zero attached hydrogens (tertiary/aromatic N) is 1. The fourth-order valence-electron chi connectivity index (χ4n) is 3.71. The van der Waals surface area contributed by atoms with Crippen LogP contribution in [0.15, 0.2) is 53.7 Å². The second-order valence-electron chi connectivity index (χ2n) is 7.56. The zero-order chi connectivity index (χ0) is 24.0. The van der Waals surface area contributed by atoms with Crippen LogP contribution in [0.4, 0.5) is 4.79 Å². The van der Waals surface area contributed by atoms with E-state index in [0.29, 0.717) is 40.9 Å². The maximum atomic E-state index is 12.9. The van der Waals surface area contributed by atoms with Gasteiger partial charge in [-0.2, -0.15) is 0 Å². The summed E-state index contributed by atoms with van der Waals surface area (Å²) in [7, 11) is 5.07. The number of hydrogen-bond donors (Lipinski definition) is 2. The summed E-state index contributed by atoms with van der Waals surface area (Å²) in [4.78, 5) is 27.4. The number of carbonyl (C=O) groups excluding carboxylic acids is 2. The molecule has 8 nitrogen and oxygen atoms in total. The van der Waals surface area contributed by atoms with Crippen molar-refractivity contribution in [1.82, 2.24) is 15.5 Å². The summed E-state index contributed by atoms with van der Waals surface area (Å²) in [6, 6.07) is 11.6. The highest BCUT2D eigenvalue weighted by atomic mass is 35.5. The number of esters is 1. The van der Waals surface area contributed by atoms with E-state index in [1.807, 2.05) is 30.1 Å². The second-order valence-corrected chi connectivity index (χ2v) is 7.99. The van der Waals surface area contributed by atoms with Crippen molar-refractivity contribution in [2.75, 3.05) is 34.4 Å². The fourth-order valence-corrected chi connectivity index (χ4v) is 3.84. The molecular formula is C24H28ClN3O5. The molecule has 2 aromatic carbocycles. The summed E-state index contributed by atoms with van der Waals surface area (Å²) < 4.78 is 16.0. The number of benzene rings is 2. The Bertz CT molecular complexity index is 1040. The Balaban J connectivity index is 1.90. The second kappa shape index (κ2) is 11.1. The molecule has 0 saturated heterocycles. The van der Waals surface area contributed by atoms with Gasteiger partial charge in [-0.3, -0.25) is 4.90 Å². The van der Waals surface area contributed by atoms with Crippen LogP contribution in [0.5, 0.6) is 11.5 Å². The first-order valence-corrected chi connectivity index (χ1v) is 10.9. The number of methoxy groups -OCH3 is 2. The van der Waals surface area contributed by atoms with Gasteiger partial charge in [-0.1, -0.05) is 29.8 Å². The zero-order valence-corrected chi connectivity index (χ0v) is 19.9. The largest absolute Gasteiger partial charge is 0.493 e. The van der Waals surface area contributed by atoms with Crippen LogP contribution in [-0.2, 0) is 16.1 Å². The van der Waals surface area contributed by atoms with E-state index in [1.165, 1.54) is 0 Å². The van der Waals surface area contributed by atoms with Crippen molar-refractivity contribution in [3.05, 3.63) is 69.9 Å². The van der Waals surface area contributed by atoms with E-state index in [4.69, 9.17) is 25.8 Å². The van der Waals surface area contributed by atoms with Crippen molar-refractivity contribution < 1.29 is 23.8 Å². The third-order valence-electron chi connectivity index (χ3n) is 5.18. The maximum absolute atomic E-state index is 12.9. The first kappa shape index (κ1) is 24.4. The highest BCUT2D eigenvalue weighted by Gasteiger charge is 2.34. The minimum Gasteiger partial charge on any atom is -0.493 e.